The highest BCUT2D eigenvalue weighted by molar-refractivity contribution is 5.93. The first kappa shape index (κ1) is 22.9. The van der Waals surface area contributed by atoms with E-state index in [0.717, 1.165) is 5.56 Å². The molecule has 0 spiro atoms. The number of benzene rings is 2. The maximum atomic E-state index is 12.5. The van der Waals surface area contributed by atoms with Crippen molar-refractivity contribution >= 4 is 22.7 Å². The Hall–Kier alpha value is -3.27. The molecule has 1 aromatic heterocycles. The number of nitrogens with one attached hydrogen (secondary N) is 2. The summed E-state index contributed by atoms with van der Waals surface area (Å²) in [5.41, 5.74) is 1.10. The van der Waals surface area contributed by atoms with Gasteiger partial charge in [-0.05, 0) is 67.9 Å². The predicted molar refractivity (Wildman–Crippen MR) is 114 cm³/mol. The molecule has 33 heavy (non-hydrogen) atoms. The van der Waals surface area contributed by atoms with Crippen LogP contribution in [0.15, 0.2) is 51.7 Å². The van der Waals surface area contributed by atoms with E-state index in [0.29, 0.717) is 48.9 Å². The van der Waals surface area contributed by atoms with Gasteiger partial charge >= 0.3 is 12.1 Å². The molecule has 0 saturated heterocycles. The number of halogens is 3. The summed E-state index contributed by atoms with van der Waals surface area (Å²) in [6, 6.07) is 10.6. The number of amides is 1. The Morgan fingerprint density at radius 1 is 1.18 bits per heavy atom. The number of alkyl halides is 3. The van der Waals surface area contributed by atoms with E-state index in [4.69, 9.17) is 4.42 Å². The second-order valence-electron chi connectivity index (χ2n) is 8.51. The van der Waals surface area contributed by atoms with E-state index in [2.05, 4.69) is 15.0 Å². The molecule has 7 nitrogen and oxygen atoms in total. The van der Waals surface area contributed by atoms with Crippen LogP contribution in [0.1, 0.15) is 37.7 Å². The lowest BCUT2D eigenvalue weighted by Gasteiger charge is -2.35. The fourth-order valence-corrected chi connectivity index (χ4v) is 4.28. The number of aromatic nitrogens is 1. The minimum atomic E-state index is -4.72. The Bertz CT molecular complexity index is 1180. The molecule has 0 atom stereocenters. The Morgan fingerprint density at radius 3 is 2.55 bits per heavy atom. The second-order valence-corrected chi connectivity index (χ2v) is 8.51. The van der Waals surface area contributed by atoms with Gasteiger partial charge in [0.05, 0.1) is 17.5 Å². The largest absolute Gasteiger partial charge is 0.573 e. The SMILES string of the molecule is O=C(CC1(O)CCC(Cc2ccc(OC(F)(F)F)cc2)CC1)Nc1ccc2[nH]c(=O)oc2c1. The van der Waals surface area contributed by atoms with Crippen LogP contribution in [0.2, 0.25) is 0 Å². The molecule has 1 fully saturated rings. The number of H-pyrrole nitrogens is 1. The predicted octanol–water partition coefficient (Wildman–Crippen LogP) is 4.51. The molecule has 1 amide bonds. The van der Waals surface area contributed by atoms with Crippen LogP contribution in [0.4, 0.5) is 18.9 Å². The number of hydrogen-bond acceptors (Lipinski definition) is 5. The zero-order valence-electron chi connectivity index (χ0n) is 17.6. The first-order chi connectivity index (χ1) is 15.6. The molecule has 1 aliphatic rings. The topological polar surface area (TPSA) is 105 Å². The summed E-state index contributed by atoms with van der Waals surface area (Å²) in [6.07, 6.45) is -1.80. The van der Waals surface area contributed by atoms with E-state index in [-0.39, 0.29) is 24.0 Å². The van der Waals surface area contributed by atoms with Gasteiger partial charge in [0.1, 0.15) is 5.75 Å². The molecular formula is C23H23F3N2O5. The number of aliphatic hydroxyl groups is 1. The maximum Gasteiger partial charge on any atom is 0.573 e. The fourth-order valence-electron chi connectivity index (χ4n) is 4.28. The number of aromatic amines is 1. The van der Waals surface area contributed by atoms with Crippen LogP contribution in [-0.4, -0.2) is 28.0 Å². The first-order valence-electron chi connectivity index (χ1n) is 10.6. The van der Waals surface area contributed by atoms with Gasteiger partial charge in [0.25, 0.3) is 0 Å². The van der Waals surface area contributed by atoms with Crippen LogP contribution in [0.25, 0.3) is 11.1 Å². The molecule has 2 aromatic carbocycles. The van der Waals surface area contributed by atoms with Crippen LogP contribution < -0.4 is 15.8 Å². The number of hydrogen-bond donors (Lipinski definition) is 3. The molecule has 0 unspecified atom stereocenters. The Kier molecular flexibility index (Phi) is 6.20. The van der Waals surface area contributed by atoms with Crippen LogP contribution in [0.5, 0.6) is 5.75 Å². The highest BCUT2D eigenvalue weighted by Crippen LogP contribution is 2.36. The van der Waals surface area contributed by atoms with Gasteiger partial charge in [-0.3, -0.25) is 9.78 Å². The molecule has 3 aromatic rings. The van der Waals surface area contributed by atoms with E-state index < -0.39 is 17.7 Å². The summed E-state index contributed by atoms with van der Waals surface area (Å²) in [4.78, 5) is 26.2. The van der Waals surface area contributed by atoms with Crippen LogP contribution in [0, 0.1) is 5.92 Å². The summed E-state index contributed by atoms with van der Waals surface area (Å²) in [6.45, 7) is 0. The number of fused-ring (bicyclic) bond motifs is 1. The van der Waals surface area contributed by atoms with E-state index >= 15 is 0 Å². The van der Waals surface area contributed by atoms with Gasteiger partial charge in [-0.1, -0.05) is 12.1 Å². The smallest absolute Gasteiger partial charge is 0.408 e. The van der Waals surface area contributed by atoms with Crippen molar-refractivity contribution in [1.29, 1.82) is 0 Å². The number of oxazole rings is 1. The molecule has 3 N–H and O–H groups in total. The zero-order valence-corrected chi connectivity index (χ0v) is 17.6. The number of carbonyl (C=O) groups excluding carboxylic acids is 1. The average Bonchev–Trinajstić information content (AvgIpc) is 3.09. The summed E-state index contributed by atoms with van der Waals surface area (Å²) in [5, 5.41) is 13.6. The molecule has 176 valence electrons. The third-order valence-electron chi connectivity index (χ3n) is 5.91. The maximum absolute atomic E-state index is 12.5. The number of ether oxygens (including phenoxy) is 1. The molecule has 1 aliphatic carbocycles. The molecule has 1 saturated carbocycles. The lowest BCUT2D eigenvalue weighted by molar-refractivity contribution is -0.274. The van der Waals surface area contributed by atoms with Gasteiger partial charge in [-0.2, -0.15) is 0 Å². The zero-order chi connectivity index (χ0) is 23.6. The minimum absolute atomic E-state index is 0.0572. The van der Waals surface area contributed by atoms with Crippen molar-refractivity contribution in [3.05, 3.63) is 58.6 Å². The number of anilines is 1. The van der Waals surface area contributed by atoms with Gasteiger partial charge in [-0.25, -0.2) is 4.79 Å². The van der Waals surface area contributed by atoms with Gasteiger partial charge in [0.2, 0.25) is 5.91 Å². The van der Waals surface area contributed by atoms with Gasteiger partial charge in [-0.15, -0.1) is 13.2 Å². The molecule has 1 heterocycles. The fraction of sp³-hybridized carbons (Fsp3) is 0.391. The summed E-state index contributed by atoms with van der Waals surface area (Å²) in [7, 11) is 0. The Balaban J connectivity index is 1.27. The van der Waals surface area contributed by atoms with Crippen LogP contribution in [-0.2, 0) is 11.2 Å². The average molecular weight is 464 g/mol. The van der Waals surface area contributed by atoms with Gasteiger partial charge < -0.3 is 19.6 Å². The first-order valence-corrected chi connectivity index (χ1v) is 10.6. The van der Waals surface area contributed by atoms with E-state index in [1.807, 2.05) is 0 Å². The summed E-state index contributed by atoms with van der Waals surface area (Å²) in [5.74, 6) is -0.909. The van der Waals surface area contributed by atoms with Crippen LogP contribution in [0.3, 0.4) is 0 Å². The third kappa shape index (κ3) is 6.16. The molecule has 4 rings (SSSR count). The molecule has 0 aliphatic heterocycles. The molecule has 0 bridgehead atoms. The number of carbonyl (C=O) groups is 1. The van der Waals surface area contributed by atoms with Crippen LogP contribution >= 0.6 is 0 Å². The van der Waals surface area contributed by atoms with E-state index in [9.17, 15) is 27.9 Å². The van der Waals surface area contributed by atoms with Gasteiger partial charge in [0.15, 0.2) is 5.58 Å². The summed E-state index contributed by atoms with van der Waals surface area (Å²) >= 11 is 0. The van der Waals surface area contributed by atoms with Gasteiger partial charge in [0, 0.05) is 11.8 Å². The van der Waals surface area contributed by atoms with Crippen molar-refractivity contribution in [3.63, 3.8) is 0 Å². The van der Waals surface area contributed by atoms with Crippen molar-refractivity contribution in [1.82, 2.24) is 4.98 Å². The summed E-state index contributed by atoms with van der Waals surface area (Å²) < 4.78 is 45.7. The van der Waals surface area contributed by atoms with Crippen molar-refractivity contribution < 1.29 is 32.2 Å². The Morgan fingerprint density at radius 2 is 1.88 bits per heavy atom. The standard InChI is InChI=1S/C23H23F3N2O5/c24-23(25,26)33-17-4-1-14(2-5-17)11-15-7-9-22(31,10-8-15)13-20(29)27-16-3-6-18-19(12-16)32-21(30)28-18/h1-6,12,15,31H,7-11,13H2,(H,27,29)(H,28,30). The van der Waals surface area contributed by atoms with E-state index in [1.165, 1.54) is 18.2 Å². The minimum Gasteiger partial charge on any atom is -0.408 e. The Labute approximate surface area is 186 Å². The van der Waals surface area contributed by atoms with Crippen molar-refractivity contribution in [2.75, 3.05) is 5.32 Å². The molecular weight excluding hydrogens is 441 g/mol. The molecule has 0 radical (unpaired) electrons. The third-order valence-corrected chi connectivity index (χ3v) is 5.91. The highest BCUT2D eigenvalue weighted by Gasteiger charge is 2.35. The highest BCUT2D eigenvalue weighted by atomic mass is 19.4. The normalized spacial score (nSPS) is 21.2. The quantitative estimate of drug-likeness (QED) is 0.498. The molecule has 10 heteroatoms. The monoisotopic (exact) mass is 464 g/mol. The lowest BCUT2D eigenvalue weighted by Crippen LogP contribution is -2.38. The second kappa shape index (κ2) is 8.93. The van der Waals surface area contributed by atoms with Crippen molar-refractivity contribution in [3.8, 4) is 5.75 Å². The van der Waals surface area contributed by atoms with Crippen molar-refractivity contribution in [2.45, 2.75) is 50.5 Å². The lowest BCUT2D eigenvalue weighted by atomic mass is 9.75. The number of rotatable bonds is 6. The van der Waals surface area contributed by atoms with E-state index in [1.54, 1.807) is 24.3 Å². The van der Waals surface area contributed by atoms with Crippen molar-refractivity contribution in [2.24, 2.45) is 5.92 Å².